The van der Waals surface area contributed by atoms with Crippen molar-refractivity contribution in [2.75, 3.05) is 14.1 Å². The van der Waals surface area contributed by atoms with Crippen LogP contribution in [0.5, 0.6) is 0 Å². The molecule has 1 aromatic carbocycles. The summed E-state index contributed by atoms with van der Waals surface area (Å²) in [7, 11) is 3.23. The molecule has 0 saturated carbocycles. The maximum absolute atomic E-state index is 12.8. The van der Waals surface area contributed by atoms with Crippen molar-refractivity contribution in [3.8, 4) is 11.3 Å². The molecule has 4 nitrogen and oxygen atoms in total. The number of thiocarbonyl (C=S) groups is 1. The van der Waals surface area contributed by atoms with Crippen LogP contribution in [-0.2, 0) is 11.0 Å². The molecule has 2 aromatic rings. The molecular weight excluding hydrogens is 353 g/mol. The number of likely N-dealkylation sites (N-methyl/N-ethyl adjacent to an activating group) is 2. The molecule has 0 aliphatic carbocycles. The highest BCUT2D eigenvalue weighted by molar-refractivity contribution is 7.80. The summed E-state index contributed by atoms with van der Waals surface area (Å²) in [6, 6.07) is 8.01. The topological polar surface area (TPSA) is 36.7 Å². The molecule has 2 heterocycles. The van der Waals surface area contributed by atoms with Gasteiger partial charge in [0, 0.05) is 25.7 Å². The third-order valence-electron chi connectivity index (χ3n) is 3.84. The van der Waals surface area contributed by atoms with Crippen molar-refractivity contribution in [1.29, 1.82) is 0 Å². The molecule has 1 amide bonds. The Balaban J connectivity index is 1.93. The fourth-order valence-corrected chi connectivity index (χ4v) is 2.64. The van der Waals surface area contributed by atoms with E-state index in [1.165, 1.54) is 23.1 Å². The summed E-state index contributed by atoms with van der Waals surface area (Å²) in [6.07, 6.45) is -2.91. The van der Waals surface area contributed by atoms with E-state index in [0.29, 0.717) is 22.1 Å². The molecule has 0 atom stereocenters. The monoisotopic (exact) mass is 366 g/mol. The minimum absolute atomic E-state index is 0.274. The second-order valence-corrected chi connectivity index (χ2v) is 5.88. The highest BCUT2D eigenvalue weighted by Crippen LogP contribution is 2.33. The standard InChI is InChI=1S/C17H13F3N2O2S/c1-21-13(15(23)22(2)16(21)25)9-12-6-7-14(24-12)10-4-3-5-11(8-10)17(18,19)20/h3-9H,1-2H3. The maximum Gasteiger partial charge on any atom is 0.416 e. The summed E-state index contributed by atoms with van der Waals surface area (Å²) in [5.74, 6) is 0.354. The molecule has 1 saturated heterocycles. The Labute approximate surface area is 147 Å². The Hall–Kier alpha value is -2.61. The molecule has 25 heavy (non-hydrogen) atoms. The summed E-state index contributed by atoms with van der Waals surface area (Å²) in [6.45, 7) is 0. The van der Waals surface area contributed by atoms with E-state index in [0.717, 1.165) is 12.1 Å². The van der Waals surface area contributed by atoms with E-state index in [2.05, 4.69) is 0 Å². The van der Waals surface area contributed by atoms with Gasteiger partial charge >= 0.3 is 6.18 Å². The molecule has 1 aliphatic heterocycles. The van der Waals surface area contributed by atoms with E-state index in [-0.39, 0.29) is 11.7 Å². The minimum atomic E-state index is -4.42. The first-order chi connectivity index (χ1) is 11.7. The van der Waals surface area contributed by atoms with Gasteiger partial charge in [0.25, 0.3) is 5.91 Å². The van der Waals surface area contributed by atoms with Gasteiger partial charge in [-0.15, -0.1) is 0 Å². The lowest BCUT2D eigenvalue weighted by Gasteiger charge is -2.10. The molecule has 0 spiro atoms. The first-order valence-electron chi connectivity index (χ1n) is 7.23. The first-order valence-corrected chi connectivity index (χ1v) is 7.64. The smallest absolute Gasteiger partial charge is 0.416 e. The number of halogens is 3. The summed E-state index contributed by atoms with van der Waals surface area (Å²) >= 11 is 5.12. The zero-order chi connectivity index (χ0) is 18.4. The minimum Gasteiger partial charge on any atom is -0.457 e. The zero-order valence-corrected chi connectivity index (χ0v) is 14.1. The number of carbonyl (C=O) groups is 1. The largest absolute Gasteiger partial charge is 0.457 e. The highest BCUT2D eigenvalue weighted by atomic mass is 32.1. The van der Waals surface area contributed by atoms with E-state index >= 15 is 0 Å². The molecule has 0 N–H and O–H groups in total. The van der Waals surface area contributed by atoms with Crippen molar-refractivity contribution >= 4 is 29.3 Å². The number of hydrogen-bond acceptors (Lipinski definition) is 3. The van der Waals surface area contributed by atoms with Crippen molar-refractivity contribution in [3.63, 3.8) is 0 Å². The second-order valence-electron chi connectivity index (χ2n) is 5.52. The Morgan fingerprint density at radius 1 is 1.12 bits per heavy atom. The zero-order valence-electron chi connectivity index (χ0n) is 13.3. The van der Waals surface area contributed by atoms with E-state index in [4.69, 9.17) is 16.6 Å². The Morgan fingerprint density at radius 3 is 2.44 bits per heavy atom. The van der Waals surface area contributed by atoms with Gasteiger partial charge in [0.1, 0.15) is 17.2 Å². The van der Waals surface area contributed by atoms with Gasteiger partial charge in [0.2, 0.25) is 0 Å². The first kappa shape index (κ1) is 17.2. The van der Waals surface area contributed by atoms with Crippen LogP contribution in [0.4, 0.5) is 13.2 Å². The van der Waals surface area contributed by atoms with Crippen molar-refractivity contribution in [2.45, 2.75) is 6.18 Å². The van der Waals surface area contributed by atoms with E-state index in [9.17, 15) is 18.0 Å². The summed E-state index contributed by atoms with van der Waals surface area (Å²) in [5, 5.41) is 0.362. The summed E-state index contributed by atoms with van der Waals surface area (Å²) in [5.41, 5.74) is -0.116. The molecule has 0 radical (unpaired) electrons. The molecule has 3 rings (SSSR count). The van der Waals surface area contributed by atoms with Crippen molar-refractivity contribution < 1.29 is 22.4 Å². The van der Waals surface area contributed by atoms with Crippen LogP contribution in [0.1, 0.15) is 11.3 Å². The maximum atomic E-state index is 12.8. The molecule has 1 aromatic heterocycles. The second kappa shape index (κ2) is 6.03. The van der Waals surface area contributed by atoms with Crippen LogP contribution >= 0.6 is 12.2 Å². The van der Waals surface area contributed by atoms with Gasteiger partial charge in [0.05, 0.1) is 5.56 Å². The third-order valence-corrected chi connectivity index (χ3v) is 4.39. The number of hydrogen-bond donors (Lipinski definition) is 0. The number of nitrogens with zero attached hydrogens (tertiary/aromatic N) is 2. The fourth-order valence-electron chi connectivity index (χ4n) is 2.46. The molecule has 0 bridgehead atoms. The average molecular weight is 366 g/mol. The van der Waals surface area contributed by atoms with E-state index in [1.54, 1.807) is 31.1 Å². The van der Waals surface area contributed by atoms with Gasteiger partial charge in [-0.3, -0.25) is 9.69 Å². The molecule has 0 unspecified atom stereocenters. The van der Waals surface area contributed by atoms with Gasteiger partial charge in [0.15, 0.2) is 5.11 Å². The van der Waals surface area contributed by atoms with Gasteiger partial charge in [-0.2, -0.15) is 13.2 Å². The van der Waals surface area contributed by atoms with Crippen molar-refractivity contribution in [3.05, 3.63) is 53.4 Å². The molecule has 8 heteroatoms. The normalized spacial score (nSPS) is 17.1. The van der Waals surface area contributed by atoms with Gasteiger partial charge in [-0.05, 0) is 36.5 Å². The Kier molecular flexibility index (Phi) is 4.16. The van der Waals surface area contributed by atoms with Crippen LogP contribution in [0.2, 0.25) is 0 Å². The van der Waals surface area contributed by atoms with Crippen LogP contribution < -0.4 is 0 Å². The number of amides is 1. The van der Waals surface area contributed by atoms with Crippen LogP contribution in [-0.4, -0.2) is 34.9 Å². The highest BCUT2D eigenvalue weighted by Gasteiger charge is 2.33. The fraction of sp³-hybridized carbons (Fsp3) is 0.176. The van der Waals surface area contributed by atoms with Crippen LogP contribution in [0.25, 0.3) is 17.4 Å². The lowest BCUT2D eigenvalue weighted by Crippen LogP contribution is -2.26. The quantitative estimate of drug-likeness (QED) is 0.595. The van der Waals surface area contributed by atoms with E-state index in [1.807, 2.05) is 0 Å². The number of benzene rings is 1. The molecule has 1 aliphatic rings. The SMILES string of the molecule is CN1C(=O)C(=Cc2ccc(-c3cccc(C(F)(F)F)c3)o2)N(C)C1=S. The molecular formula is C17H13F3N2O2S. The van der Waals surface area contributed by atoms with Crippen LogP contribution in [0, 0.1) is 0 Å². The van der Waals surface area contributed by atoms with Crippen LogP contribution in [0.15, 0.2) is 46.5 Å². The number of furan rings is 1. The Morgan fingerprint density at radius 2 is 1.84 bits per heavy atom. The molecule has 130 valence electrons. The number of alkyl halides is 3. The van der Waals surface area contributed by atoms with Crippen molar-refractivity contribution in [1.82, 2.24) is 9.80 Å². The number of rotatable bonds is 2. The third kappa shape index (κ3) is 3.17. The van der Waals surface area contributed by atoms with Gasteiger partial charge < -0.3 is 9.32 Å². The average Bonchev–Trinajstić information content (AvgIpc) is 3.11. The van der Waals surface area contributed by atoms with Crippen molar-refractivity contribution in [2.24, 2.45) is 0 Å². The predicted octanol–water partition coefficient (Wildman–Crippen LogP) is 4.00. The number of carbonyl (C=O) groups excluding carboxylic acids is 1. The molecule has 1 fully saturated rings. The van der Waals surface area contributed by atoms with Gasteiger partial charge in [-0.25, -0.2) is 0 Å². The van der Waals surface area contributed by atoms with Crippen LogP contribution in [0.3, 0.4) is 0 Å². The Bertz CT molecular complexity index is 886. The predicted molar refractivity (Wildman–Crippen MR) is 90.3 cm³/mol. The summed E-state index contributed by atoms with van der Waals surface area (Å²) in [4.78, 5) is 15.0. The van der Waals surface area contributed by atoms with E-state index < -0.39 is 11.7 Å². The lowest BCUT2D eigenvalue weighted by molar-refractivity contribution is -0.137. The summed E-state index contributed by atoms with van der Waals surface area (Å²) < 4.78 is 44.0. The van der Waals surface area contributed by atoms with Gasteiger partial charge in [-0.1, -0.05) is 12.1 Å². The lowest BCUT2D eigenvalue weighted by atomic mass is 10.1.